The summed E-state index contributed by atoms with van der Waals surface area (Å²) in [5.74, 6) is -1.41. The van der Waals surface area contributed by atoms with Crippen molar-refractivity contribution in [3.8, 4) is 0 Å². The standard InChI is InChI=1S/C14H17FN2O4/c15-11-4-5-13(17(20)21)10(7-11)9-16-6-2-1-3-12(16)8-14(18)19/h4-5,7,12H,1-3,6,8-9H2,(H,18,19). The van der Waals surface area contributed by atoms with Gasteiger partial charge in [0, 0.05) is 24.2 Å². The summed E-state index contributed by atoms with van der Waals surface area (Å²) < 4.78 is 13.3. The lowest BCUT2D eigenvalue weighted by atomic mass is 9.98. The Kier molecular flexibility index (Phi) is 4.85. The zero-order chi connectivity index (χ0) is 15.4. The predicted molar refractivity (Wildman–Crippen MR) is 73.4 cm³/mol. The molecule has 6 nitrogen and oxygen atoms in total. The summed E-state index contributed by atoms with van der Waals surface area (Å²) in [6.07, 6.45) is 2.61. The van der Waals surface area contributed by atoms with Crippen molar-refractivity contribution in [2.24, 2.45) is 0 Å². The summed E-state index contributed by atoms with van der Waals surface area (Å²) in [5, 5.41) is 19.9. The minimum atomic E-state index is -0.888. The van der Waals surface area contributed by atoms with Crippen LogP contribution < -0.4 is 0 Å². The van der Waals surface area contributed by atoms with Crippen molar-refractivity contribution in [2.45, 2.75) is 38.3 Å². The number of halogens is 1. The molecule has 1 heterocycles. The van der Waals surface area contributed by atoms with Gasteiger partial charge in [-0.2, -0.15) is 0 Å². The number of carboxylic acids is 1. The summed E-state index contributed by atoms with van der Waals surface area (Å²) >= 11 is 0. The van der Waals surface area contributed by atoms with Crippen LogP contribution in [0.25, 0.3) is 0 Å². The van der Waals surface area contributed by atoms with Gasteiger partial charge in [-0.1, -0.05) is 6.42 Å². The van der Waals surface area contributed by atoms with Crippen LogP contribution >= 0.6 is 0 Å². The maximum absolute atomic E-state index is 13.3. The Hall–Kier alpha value is -2.02. The second kappa shape index (κ2) is 6.62. The molecule has 0 radical (unpaired) electrons. The molecule has 1 aliphatic heterocycles. The first-order valence-electron chi connectivity index (χ1n) is 6.86. The Morgan fingerprint density at radius 3 is 2.90 bits per heavy atom. The van der Waals surface area contributed by atoms with Crippen molar-refractivity contribution in [3.05, 3.63) is 39.7 Å². The third-order valence-corrected chi connectivity index (χ3v) is 3.77. The van der Waals surface area contributed by atoms with Gasteiger partial charge in [-0.05, 0) is 31.5 Å². The number of carboxylic acid groups (broad SMARTS) is 1. The van der Waals surface area contributed by atoms with Crippen LogP contribution in [0, 0.1) is 15.9 Å². The van der Waals surface area contributed by atoms with Crippen molar-refractivity contribution >= 4 is 11.7 Å². The summed E-state index contributed by atoms with van der Waals surface area (Å²) in [7, 11) is 0. The SMILES string of the molecule is O=C(O)CC1CCCCN1Cc1cc(F)ccc1[N+](=O)[O-]. The maximum atomic E-state index is 13.3. The third-order valence-electron chi connectivity index (χ3n) is 3.77. The summed E-state index contributed by atoms with van der Waals surface area (Å²) in [6, 6.07) is 3.22. The number of rotatable bonds is 5. The number of nitro groups is 1. The molecule has 1 unspecified atom stereocenters. The van der Waals surface area contributed by atoms with Crippen molar-refractivity contribution in [1.82, 2.24) is 4.90 Å². The van der Waals surface area contributed by atoms with Gasteiger partial charge in [-0.3, -0.25) is 19.8 Å². The van der Waals surface area contributed by atoms with Crippen LogP contribution in [-0.2, 0) is 11.3 Å². The minimum Gasteiger partial charge on any atom is -0.481 e. The average molecular weight is 296 g/mol. The normalized spacial score (nSPS) is 19.4. The van der Waals surface area contributed by atoms with Crippen LogP contribution in [0.1, 0.15) is 31.2 Å². The van der Waals surface area contributed by atoms with Gasteiger partial charge >= 0.3 is 5.97 Å². The molecule has 114 valence electrons. The molecule has 1 fully saturated rings. The fraction of sp³-hybridized carbons (Fsp3) is 0.500. The fourth-order valence-electron chi connectivity index (χ4n) is 2.78. The van der Waals surface area contributed by atoms with Gasteiger partial charge in [0.15, 0.2) is 0 Å². The number of hydrogen-bond acceptors (Lipinski definition) is 4. The Bertz CT molecular complexity index is 550. The molecule has 0 saturated carbocycles. The highest BCUT2D eigenvalue weighted by Crippen LogP contribution is 2.26. The second-order valence-electron chi connectivity index (χ2n) is 5.25. The molecule has 0 bridgehead atoms. The van der Waals surface area contributed by atoms with Gasteiger partial charge in [0.25, 0.3) is 5.69 Å². The molecule has 1 saturated heterocycles. The van der Waals surface area contributed by atoms with Crippen LogP contribution in [0.3, 0.4) is 0 Å². The Morgan fingerprint density at radius 2 is 2.24 bits per heavy atom. The first kappa shape index (κ1) is 15.4. The van der Waals surface area contributed by atoms with Crippen molar-refractivity contribution in [3.63, 3.8) is 0 Å². The van der Waals surface area contributed by atoms with E-state index < -0.39 is 16.7 Å². The Labute approximate surface area is 121 Å². The van der Waals surface area contributed by atoms with Crippen LogP contribution in [0.2, 0.25) is 0 Å². The number of benzene rings is 1. The highest BCUT2D eigenvalue weighted by atomic mass is 19.1. The number of aliphatic carboxylic acids is 1. The quantitative estimate of drug-likeness (QED) is 0.667. The third kappa shape index (κ3) is 3.98. The molecule has 0 aromatic heterocycles. The first-order valence-corrected chi connectivity index (χ1v) is 6.86. The largest absolute Gasteiger partial charge is 0.481 e. The van der Waals surface area contributed by atoms with Gasteiger partial charge in [-0.25, -0.2) is 4.39 Å². The lowest BCUT2D eigenvalue weighted by Gasteiger charge is -2.34. The molecule has 1 aromatic carbocycles. The van der Waals surface area contributed by atoms with Gasteiger partial charge < -0.3 is 5.11 Å². The second-order valence-corrected chi connectivity index (χ2v) is 5.25. The maximum Gasteiger partial charge on any atom is 0.304 e. The summed E-state index contributed by atoms with van der Waals surface area (Å²) in [4.78, 5) is 23.3. The number of hydrogen-bond donors (Lipinski definition) is 1. The van der Waals surface area contributed by atoms with E-state index in [0.29, 0.717) is 6.54 Å². The molecule has 2 rings (SSSR count). The van der Waals surface area contributed by atoms with E-state index in [1.165, 1.54) is 0 Å². The molecule has 21 heavy (non-hydrogen) atoms. The molecule has 1 aromatic rings. The summed E-state index contributed by atoms with van der Waals surface area (Å²) in [5.41, 5.74) is 0.160. The highest BCUT2D eigenvalue weighted by molar-refractivity contribution is 5.67. The zero-order valence-corrected chi connectivity index (χ0v) is 11.5. The molecule has 7 heteroatoms. The van der Waals surface area contributed by atoms with Gasteiger partial charge in [0.2, 0.25) is 0 Å². The zero-order valence-electron chi connectivity index (χ0n) is 11.5. The van der Waals surface area contributed by atoms with E-state index in [9.17, 15) is 19.3 Å². The minimum absolute atomic E-state index is 0.00309. The fourth-order valence-corrected chi connectivity index (χ4v) is 2.78. The Balaban J connectivity index is 2.20. The number of nitro benzene ring substituents is 1. The molecule has 0 spiro atoms. The van der Waals surface area contributed by atoms with Gasteiger partial charge in [-0.15, -0.1) is 0 Å². The van der Waals surface area contributed by atoms with Crippen molar-refractivity contribution in [1.29, 1.82) is 0 Å². The number of carbonyl (C=O) groups is 1. The van der Waals surface area contributed by atoms with E-state index in [-0.39, 0.29) is 30.3 Å². The van der Waals surface area contributed by atoms with E-state index in [1.54, 1.807) is 0 Å². The van der Waals surface area contributed by atoms with E-state index in [4.69, 9.17) is 5.11 Å². The topological polar surface area (TPSA) is 83.7 Å². The van der Waals surface area contributed by atoms with E-state index in [0.717, 1.165) is 37.5 Å². The molecule has 1 atom stereocenters. The molecule has 1 aliphatic rings. The lowest BCUT2D eigenvalue weighted by Crippen LogP contribution is -2.40. The lowest BCUT2D eigenvalue weighted by molar-refractivity contribution is -0.385. The van der Waals surface area contributed by atoms with E-state index in [2.05, 4.69) is 0 Å². The molecule has 1 N–H and O–H groups in total. The molecule has 0 amide bonds. The predicted octanol–water partition coefficient (Wildman–Crippen LogP) is 2.56. The van der Waals surface area contributed by atoms with Crippen LogP contribution in [0.15, 0.2) is 18.2 Å². The molecule has 0 aliphatic carbocycles. The average Bonchev–Trinajstić information content (AvgIpc) is 2.40. The molecular weight excluding hydrogens is 279 g/mol. The van der Waals surface area contributed by atoms with E-state index in [1.807, 2.05) is 4.90 Å². The van der Waals surface area contributed by atoms with Gasteiger partial charge in [0.1, 0.15) is 5.82 Å². The van der Waals surface area contributed by atoms with E-state index >= 15 is 0 Å². The smallest absolute Gasteiger partial charge is 0.304 e. The van der Waals surface area contributed by atoms with Crippen molar-refractivity contribution in [2.75, 3.05) is 6.54 Å². The van der Waals surface area contributed by atoms with Gasteiger partial charge in [0.05, 0.1) is 11.3 Å². The summed E-state index contributed by atoms with van der Waals surface area (Å²) in [6.45, 7) is 0.873. The van der Waals surface area contributed by atoms with Crippen molar-refractivity contribution < 1.29 is 19.2 Å². The number of nitrogens with zero attached hydrogens (tertiary/aromatic N) is 2. The number of likely N-dealkylation sites (tertiary alicyclic amines) is 1. The van der Waals surface area contributed by atoms with Crippen LogP contribution in [0.4, 0.5) is 10.1 Å². The highest BCUT2D eigenvalue weighted by Gasteiger charge is 2.27. The molecular formula is C14H17FN2O4. The number of piperidine rings is 1. The van der Waals surface area contributed by atoms with Crippen LogP contribution in [-0.4, -0.2) is 33.5 Å². The monoisotopic (exact) mass is 296 g/mol. The first-order chi connectivity index (χ1) is 9.97. The Morgan fingerprint density at radius 1 is 1.48 bits per heavy atom. The van der Waals surface area contributed by atoms with Crippen LogP contribution in [0.5, 0.6) is 0 Å².